The normalized spacial score (nSPS) is 14.2. The molecule has 0 bridgehead atoms. The molecule has 0 saturated carbocycles. The van der Waals surface area contributed by atoms with Crippen LogP contribution in [0.1, 0.15) is 19.8 Å². The van der Waals surface area contributed by atoms with Crippen LogP contribution in [0.3, 0.4) is 0 Å². The van der Waals surface area contributed by atoms with Crippen molar-refractivity contribution >= 4 is 28.2 Å². The van der Waals surface area contributed by atoms with Crippen molar-refractivity contribution in [3.8, 4) is 17.2 Å². The number of nitrogens with one attached hydrogen (secondary N) is 1. The quantitative estimate of drug-likeness (QED) is 0.571. The minimum atomic E-state index is -0.391. The van der Waals surface area contributed by atoms with Crippen molar-refractivity contribution in [3.63, 3.8) is 0 Å². The molecule has 0 radical (unpaired) electrons. The number of aromatic nitrogens is 2. The Balaban J connectivity index is 1.64. The van der Waals surface area contributed by atoms with Gasteiger partial charge in [0.25, 0.3) is 5.56 Å². The zero-order valence-corrected chi connectivity index (χ0v) is 20.0. The molecule has 1 saturated heterocycles. The number of carbonyl (C=O) groups excluding carboxylic acids is 1. The van der Waals surface area contributed by atoms with E-state index in [1.54, 1.807) is 18.2 Å². The topological polar surface area (TPSA) is 94.9 Å². The predicted octanol–water partition coefficient (Wildman–Crippen LogP) is 3.30. The van der Waals surface area contributed by atoms with Gasteiger partial charge in [0.1, 0.15) is 6.54 Å². The van der Waals surface area contributed by atoms with Crippen LogP contribution >= 0.6 is 0 Å². The highest BCUT2D eigenvalue weighted by Gasteiger charge is 2.22. The van der Waals surface area contributed by atoms with Crippen LogP contribution < -0.4 is 30.0 Å². The number of ether oxygens (including phenoxy) is 3. The van der Waals surface area contributed by atoms with E-state index in [9.17, 15) is 9.59 Å². The van der Waals surface area contributed by atoms with E-state index < -0.39 is 5.91 Å². The van der Waals surface area contributed by atoms with Crippen LogP contribution in [0.25, 0.3) is 10.8 Å². The van der Waals surface area contributed by atoms with E-state index in [2.05, 4.69) is 22.2 Å². The lowest BCUT2D eigenvalue weighted by Crippen LogP contribution is -2.37. The van der Waals surface area contributed by atoms with Gasteiger partial charge in [0, 0.05) is 36.3 Å². The van der Waals surface area contributed by atoms with Crippen molar-refractivity contribution in [1.29, 1.82) is 0 Å². The third-order valence-corrected chi connectivity index (χ3v) is 6.17. The molecule has 1 aliphatic rings. The van der Waals surface area contributed by atoms with E-state index in [-0.39, 0.29) is 12.1 Å². The first-order valence-electron chi connectivity index (χ1n) is 11.3. The second-order valence-corrected chi connectivity index (χ2v) is 8.46. The monoisotopic (exact) mass is 466 g/mol. The molecule has 2 heterocycles. The van der Waals surface area contributed by atoms with Crippen molar-refractivity contribution in [2.45, 2.75) is 26.3 Å². The highest BCUT2D eigenvalue weighted by Crippen LogP contribution is 2.40. The summed E-state index contributed by atoms with van der Waals surface area (Å²) >= 11 is 0. The van der Waals surface area contributed by atoms with Crippen molar-refractivity contribution in [1.82, 2.24) is 9.78 Å². The van der Waals surface area contributed by atoms with Gasteiger partial charge in [-0.3, -0.25) is 9.59 Å². The molecule has 0 unspecified atom stereocenters. The Bertz CT molecular complexity index is 1220. The van der Waals surface area contributed by atoms with Gasteiger partial charge in [0.2, 0.25) is 11.7 Å². The average molecular weight is 467 g/mol. The number of benzene rings is 2. The lowest BCUT2D eigenvalue weighted by atomic mass is 9.99. The molecule has 3 aromatic rings. The van der Waals surface area contributed by atoms with Crippen LogP contribution in [0.2, 0.25) is 0 Å². The molecule has 9 heteroatoms. The Morgan fingerprint density at radius 1 is 1.03 bits per heavy atom. The number of carbonyl (C=O) groups is 1. The maximum atomic E-state index is 13.1. The molecule has 0 aliphatic carbocycles. The van der Waals surface area contributed by atoms with Gasteiger partial charge >= 0.3 is 0 Å². The van der Waals surface area contributed by atoms with Crippen LogP contribution in [-0.4, -0.2) is 50.1 Å². The average Bonchev–Trinajstić information content (AvgIpc) is 2.85. The third kappa shape index (κ3) is 4.64. The first-order valence-corrected chi connectivity index (χ1v) is 11.3. The van der Waals surface area contributed by atoms with E-state index in [1.807, 2.05) is 18.2 Å². The van der Waals surface area contributed by atoms with Crippen molar-refractivity contribution in [2.24, 2.45) is 5.92 Å². The van der Waals surface area contributed by atoms with Gasteiger partial charge in [-0.1, -0.05) is 25.1 Å². The van der Waals surface area contributed by atoms with E-state index in [1.165, 1.54) is 26.0 Å². The second-order valence-electron chi connectivity index (χ2n) is 8.46. The van der Waals surface area contributed by atoms with Crippen LogP contribution in [0.4, 0.5) is 11.5 Å². The Kier molecular flexibility index (Phi) is 6.90. The minimum absolute atomic E-state index is 0.225. The zero-order valence-electron chi connectivity index (χ0n) is 20.0. The highest BCUT2D eigenvalue weighted by molar-refractivity contribution is 5.93. The number of rotatable bonds is 7. The third-order valence-electron chi connectivity index (χ3n) is 6.17. The summed E-state index contributed by atoms with van der Waals surface area (Å²) in [6.45, 7) is 3.76. The number of amides is 1. The smallest absolute Gasteiger partial charge is 0.275 e. The summed E-state index contributed by atoms with van der Waals surface area (Å²) in [6, 6.07) is 10.7. The number of hydrogen-bond acceptors (Lipinski definition) is 7. The zero-order chi connectivity index (χ0) is 24.2. The summed E-state index contributed by atoms with van der Waals surface area (Å²) in [7, 11) is 4.52. The molecule has 1 aromatic heterocycles. The van der Waals surface area contributed by atoms with Crippen LogP contribution in [0, 0.1) is 5.92 Å². The largest absolute Gasteiger partial charge is 0.493 e. The Morgan fingerprint density at radius 3 is 2.24 bits per heavy atom. The highest BCUT2D eigenvalue weighted by atomic mass is 16.5. The molecule has 9 nitrogen and oxygen atoms in total. The number of nitrogens with zero attached hydrogens (tertiary/aromatic N) is 3. The summed E-state index contributed by atoms with van der Waals surface area (Å²) in [5, 5.41) is 8.79. The summed E-state index contributed by atoms with van der Waals surface area (Å²) in [4.78, 5) is 28.3. The molecule has 1 fully saturated rings. The van der Waals surface area contributed by atoms with Gasteiger partial charge in [0.15, 0.2) is 17.3 Å². The summed E-state index contributed by atoms with van der Waals surface area (Å²) in [5.74, 6) is 2.27. The molecule has 0 atom stereocenters. The SMILES string of the molecule is COc1cc(NC(=O)Cn2nc(N3CCC(C)CC3)c3ccccc3c2=O)cc(OC)c1OC. The summed E-state index contributed by atoms with van der Waals surface area (Å²) < 4.78 is 17.3. The first kappa shape index (κ1) is 23.4. The molecule has 1 aliphatic heterocycles. The summed E-state index contributed by atoms with van der Waals surface area (Å²) in [5.41, 5.74) is 0.156. The molecule has 34 heavy (non-hydrogen) atoms. The molecule has 4 rings (SSSR count). The van der Waals surface area contributed by atoms with Crippen molar-refractivity contribution in [2.75, 3.05) is 44.6 Å². The van der Waals surface area contributed by atoms with Crippen LogP contribution in [0.5, 0.6) is 17.2 Å². The number of anilines is 2. The van der Waals surface area contributed by atoms with Crippen LogP contribution in [-0.2, 0) is 11.3 Å². The lowest BCUT2D eigenvalue weighted by Gasteiger charge is -2.32. The fourth-order valence-corrected chi connectivity index (χ4v) is 4.27. The Morgan fingerprint density at radius 2 is 1.65 bits per heavy atom. The van der Waals surface area contributed by atoms with Crippen molar-refractivity contribution in [3.05, 3.63) is 46.8 Å². The predicted molar refractivity (Wildman–Crippen MR) is 131 cm³/mol. The summed E-state index contributed by atoms with van der Waals surface area (Å²) in [6.07, 6.45) is 2.13. The van der Waals surface area contributed by atoms with E-state index in [0.29, 0.717) is 34.2 Å². The van der Waals surface area contributed by atoms with Gasteiger partial charge in [0.05, 0.1) is 26.7 Å². The standard InChI is InChI=1S/C25H30N4O5/c1-16-9-11-28(12-10-16)24-18-7-5-6-8-19(18)25(31)29(27-24)15-22(30)26-17-13-20(32-2)23(34-4)21(14-17)33-3/h5-8,13-14,16H,9-12,15H2,1-4H3,(H,26,30). The van der Waals surface area contributed by atoms with E-state index in [4.69, 9.17) is 14.2 Å². The molecule has 1 amide bonds. The second kappa shape index (κ2) is 10.0. The Labute approximate surface area is 198 Å². The van der Waals surface area contributed by atoms with E-state index >= 15 is 0 Å². The van der Waals surface area contributed by atoms with Gasteiger partial charge in [-0.2, -0.15) is 5.10 Å². The van der Waals surface area contributed by atoms with Gasteiger partial charge < -0.3 is 24.4 Å². The number of piperidine rings is 1. The maximum absolute atomic E-state index is 13.1. The molecular weight excluding hydrogens is 436 g/mol. The maximum Gasteiger partial charge on any atom is 0.275 e. The molecular formula is C25H30N4O5. The fourth-order valence-electron chi connectivity index (χ4n) is 4.27. The molecule has 1 N–H and O–H groups in total. The van der Waals surface area contributed by atoms with Gasteiger partial charge in [-0.25, -0.2) is 4.68 Å². The van der Waals surface area contributed by atoms with Crippen molar-refractivity contribution < 1.29 is 19.0 Å². The molecule has 0 spiro atoms. The van der Waals surface area contributed by atoms with Crippen LogP contribution in [0.15, 0.2) is 41.2 Å². The van der Waals surface area contributed by atoms with E-state index in [0.717, 1.165) is 37.1 Å². The molecule has 180 valence electrons. The van der Waals surface area contributed by atoms with Gasteiger partial charge in [-0.05, 0) is 24.8 Å². The first-order chi connectivity index (χ1) is 16.4. The Hall–Kier alpha value is -3.75. The number of fused-ring (bicyclic) bond motifs is 1. The molecule has 2 aromatic carbocycles. The number of hydrogen-bond donors (Lipinski definition) is 1. The lowest BCUT2D eigenvalue weighted by molar-refractivity contribution is -0.117. The minimum Gasteiger partial charge on any atom is -0.493 e. The number of methoxy groups -OCH3 is 3. The van der Waals surface area contributed by atoms with Gasteiger partial charge in [-0.15, -0.1) is 0 Å². The fraction of sp³-hybridized carbons (Fsp3) is 0.400.